The van der Waals surface area contributed by atoms with E-state index < -0.39 is 16.7 Å². The quantitative estimate of drug-likeness (QED) is 0.261. The van der Waals surface area contributed by atoms with E-state index in [0.717, 1.165) is 11.3 Å². The number of rotatable bonds is 8. The molecule has 2 aromatic heterocycles. The summed E-state index contributed by atoms with van der Waals surface area (Å²) >= 11 is 6.05. The molecule has 2 amide bonds. The number of carbonyl (C=O) groups excluding carboxylic acids is 2. The molecule has 4 rings (SSSR count). The second-order valence-corrected chi connectivity index (χ2v) is 8.47. The van der Waals surface area contributed by atoms with Gasteiger partial charge < -0.3 is 15.4 Å². The molecule has 0 aliphatic carbocycles. The number of hydrogen-bond donors (Lipinski definition) is 2. The molecule has 190 valence electrons. The van der Waals surface area contributed by atoms with Crippen molar-refractivity contribution in [3.8, 4) is 5.75 Å². The van der Waals surface area contributed by atoms with E-state index in [1.165, 1.54) is 29.1 Å². The third-order valence-electron chi connectivity index (χ3n) is 5.62. The Hall–Kier alpha value is -4.71. The second kappa shape index (κ2) is 10.5. The number of nitrogens with one attached hydrogen (secondary N) is 2. The van der Waals surface area contributed by atoms with Crippen LogP contribution in [-0.2, 0) is 20.7 Å². The molecule has 0 fully saturated rings. The van der Waals surface area contributed by atoms with Crippen LogP contribution in [0, 0.1) is 17.0 Å². The number of nitrogens with zero attached hydrogens (tertiary/aromatic N) is 5. The topological polar surface area (TPSA) is 146 Å². The molecule has 0 aliphatic rings. The Balaban J connectivity index is 1.40. The minimum atomic E-state index is -0.540. The van der Waals surface area contributed by atoms with Crippen LogP contribution >= 0.6 is 11.6 Å². The molecule has 0 spiro atoms. The zero-order valence-electron chi connectivity index (χ0n) is 20.1. The Labute approximate surface area is 215 Å². The van der Waals surface area contributed by atoms with Gasteiger partial charge in [-0.25, -0.2) is 0 Å². The molecular weight excluding hydrogens is 502 g/mol. The van der Waals surface area contributed by atoms with Gasteiger partial charge >= 0.3 is 0 Å². The number of carbonyl (C=O) groups is 2. The summed E-state index contributed by atoms with van der Waals surface area (Å²) in [5.74, 6) is -0.563. The van der Waals surface area contributed by atoms with Gasteiger partial charge in [0.15, 0.2) is 0 Å². The van der Waals surface area contributed by atoms with E-state index in [0.29, 0.717) is 17.0 Å². The first-order chi connectivity index (χ1) is 17.6. The predicted molar refractivity (Wildman–Crippen MR) is 136 cm³/mol. The average Bonchev–Trinajstić information content (AvgIpc) is 3.39. The van der Waals surface area contributed by atoms with Gasteiger partial charge in [-0.15, -0.1) is 0 Å². The summed E-state index contributed by atoms with van der Waals surface area (Å²) < 4.78 is 8.65. The summed E-state index contributed by atoms with van der Waals surface area (Å²) in [6.45, 7) is 1.96. The molecule has 13 heteroatoms. The lowest BCUT2D eigenvalue weighted by atomic mass is 10.1. The first-order valence-corrected chi connectivity index (χ1v) is 11.3. The molecule has 0 bridgehead atoms. The number of benzene rings is 2. The minimum absolute atomic E-state index is 0.125. The number of non-ortho nitro benzene ring substituents is 1. The van der Waals surface area contributed by atoms with Crippen LogP contribution in [0.15, 0.2) is 54.9 Å². The number of aryl methyl sites for hydroxylation is 2. The van der Waals surface area contributed by atoms with E-state index >= 15 is 0 Å². The van der Waals surface area contributed by atoms with Crippen LogP contribution in [0.25, 0.3) is 0 Å². The number of hydrogen-bond acceptors (Lipinski definition) is 7. The summed E-state index contributed by atoms with van der Waals surface area (Å²) in [5, 5.41) is 24.7. The molecule has 37 heavy (non-hydrogen) atoms. The Morgan fingerprint density at radius 2 is 1.65 bits per heavy atom. The highest BCUT2D eigenvalue weighted by Gasteiger charge is 2.21. The van der Waals surface area contributed by atoms with Gasteiger partial charge in [0.25, 0.3) is 17.5 Å². The van der Waals surface area contributed by atoms with Gasteiger partial charge in [0.05, 0.1) is 39.4 Å². The standard InChI is InChI=1S/C24H22ClN7O5/c1-14-19(11-26-30(14)2)28-24(34)22-20(12-27-31(22)3)29-23(33)16-6-4-15(5-7-16)13-37-21-9-8-17(32(35)36)10-18(21)25/h4-12H,13H2,1-3H3,(H,28,34)(H,29,33). The number of ether oxygens (including phenoxy) is 1. The van der Waals surface area contributed by atoms with Gasteiger partial charge in [-0.2, -0.15) is 10.2 Å². The number of nitro benzene ring substituents is 1. The monoisotopic (exact) mass is 523 g/mol. The van der Waals surface area contributed by atoms with Crippen molar-refractivity contribution in [3.05, 3.63) is 92.5 Å². The summed E-state index contributed by atoms with van der Waals surface area (Å²) in [6.07, 6.45) is 2.95. The summed E-state index contributed by atoms with van der Waals surface area (Å²) in [5.41, 5.74) is 2.75. The van der Waals surface area contributed by atoms with E-state index in [1.807, 2.05) is 6.92 Å². The van der Waals surface area contributed by atoms with Crippen molar-refractivity contribution in [2.24, 2.45) is 14.1 Å². The SMILES string of the molecule is Cc1c(NC(=O)c2c(NC(=O)c3ccc(COc4ccc([N+](=O)[O-])cc4Cl)cc3)cnn2C)cnn1C. The lowest BCUT2D eigenvalue weighted by Crippen LogP contribution is -2.20. The third-order valence-corrected chi connectivity index (χ3v) is 5.92. The average molecular weight is 524 g/mol. The van der Waals surface area contributed by atoms with Crippen LogP contribution in [0.3, 0.4) is 0 Å². The Kier molecular flexibility index (Phi) is 7.20. The third kappa shape index (κ3) is 5.59. The van der Waals surface area contributed by atoms with Gasteiger partial charge in [-0.05, 0) is 30.7 Å². The fourth-order valence-corrected chi connectivity index (χ4v) is 3.66. The molecule has 0 aliphatic heterocycles. The molecular formula is C24H22ClN7O5. The van der Waals surface area contributed by atoms with E-state index in [9.17, 15) is 19.7 Å². The molecule has 2 heterocycles. The molecule has 2 N–H and O–H groups in total. The van der Waals surface area contributed by atoms with Gasteiger partial charge in [0.1, 0.15) is 18.1 Å². The number of halogens is 1. The Bertz CT molecular complexity index is 1490. The van der Waals surface area contributed by atoms with Crippen molar-refractivity contribution < 1.29 is 19.2 Å². The maximum absolute atomic E-state index is 12.9. The molecule has 0 radical (unpaired) electrons. The number of amides is 2. The van der Waals surface area contributed by atoms with E-state index in [2.05, 4.69) is 20.8 Å². The minimum Gasteiger partial charge on any atom is -0.487 e. The zero-order chi connectivity index (χ0) is 26.7. The van der Waals surface area contributed by atoms with Crippen molar-refractivity contribution >= 4 is 40.5 Å². The Morgan fingerprint density at radius 1 is 1.00 bits per heavy atom. The maximum atomic E-state index is 12.9. The second-order valence-electron chi connectivity index (χ2n) is 8.06. The summed E-state index contributed by atoms with van der Waals surface area (Å²) in [4.78, 5) is 36.0. The molecule has 0 unspecified atom stereocenters. The largest absolute Gasteiger partial charge is 0.487 e. The molecule has 0 saturated heterocycles. The fourth-order valence-electron chi connectivity index (χ4n) is 3.43. The van der Waals surface area contributed by atoms with E-state index in [-0.39, 0.29) is 28.7 Å². The highest BCUT2D eigenvalue weighted by atomic mass is 35.5. The van der Waals surface area contributed by atoms with Crippen molar-refractivity contribution in [3.63, 3.8) is 0 Å². The van der Waals surface area contributed by atoms with Crippen LogP contribution in [0.2, 0.25) is 5.02 Å². The van der Waals surface area contributed by atoms with Crippen LogP contribution < -0.4 is 15.4 Å². The normalized spacial score (nSPS) is 10.7. The first-order valence-electron chi connectivity index (χ1n) is 10.9. The van der Waals surface area contributed by atoms with Crippen LogP contribution in [0.4, 0.5) is 17.1 Å². The van der Waals surface area contributed by atoms with Gasteiger partial charge in [0, 0.05) is 31.8 Å². The van der Waals surface area contributed by atoms with Crippen molar-refractivity contribution in [1.29, 1.82) is 0 Å². The van der Waals surface area contributed by atoms with Gasteiger partial charge in [-0.1, -0.05) is 23.7 Å². The highest BCUT2D eigenvalue weighted by Crippen LogP contribution is 2.29. The lowest BCUT2D eigenvalue weighted by molar-refractivity contribution is -0.384. The predicted octanol–water partition coefficient (Wildman–Crippen LogP) is 4.11. The van der Waals surface area contributed by atoms with Gasteiger partial charge in [0.2, 0.25) is 0 Å². The number of aromatic nitrogens is 4. The van der Waals surface area contributed by atoms with Crippen molar-refractivity contribution in [1.82, 2.24) is 19.6 Å². The fraction of sp³-hybridized carbons (Fsp3) is 0.167. The molecule has 12 nitrogen and oxygen atoms in total. The molecule has 4 aromatic rings. The van der Waals surface area contributed by atoms with Crippen LogP contribution in [-0.4, -0.2) is 36.3 Å². The van der Waals surface area contributed by atoms with Crippen LogP contribution in [0.1, 0.15) is 32.1 Å². The number of anilines is 2. The van der Waals surface area contributed by atoms with E-state index in [1.54, 1.807) is 49.2 Å². The summed E-state index contributed by atoms with van der Waals surface area (Å²) in [6, 6.07) is 10.6. The van der Waals surface area contributed by atoms with Gasteiger partial charge in [-0.3, -0.25) is 29.1 Å². The molecule has 2 aromatic carbocycles. The molecule has 0 saturated carbocycles. The molecule has 0 atom stereocenters. The van der Waals surface area contributed by atoms with E-state index in [4.69, 9.17) is 16.3 Å². The van der Waals surface area contributed by atoms with Crippen molar-refractivity contribution in [2.75, 3.05) is 10.6 Å². The summed E-state index contributed by atoms with van der Waals surface area (Å²) in [7, 11) is 3.37. The smallest absolute Gasteiger partial charge is 0.276 e. The Morgan fingerprint density at radius 3 is 2.27 bits per heavy atom. The van der Waals surface area contributed by atoms with Crippen LogP contribution in [0.5, 0.6) is 5.75 Å². The zero-order valence-corrected chi connectivity index (χ0v) is 20.8. The number of nitro groups is 1. The van der Waals surface area contributed by atoms with Crippen molar-refractivity contribution in [2.45, 2.75) is 13.5 Å². The lowest BCUT2D eigenvalue weighted by Gasteiger charge is -2.10. The maximum Gasteiger partial charge on any atom is 0.276 e. The first kappa shape index (κ1) is 25.4. The highest BCUT2D eigenvalue weighted by molar-refractivity contribution is 6.32.